The number of hydrogen-bond acceptors (Lipinski definition) is 4. The second-order valence-electron chi connectivity index (χ2n) is 8.30. The van der Waals surface area contributed by atoms with Crippen molar-refractivity contribution in [3.63, 3.8) is 0 Å². The molecule has 0 spiro atoms. The zero-order valence-electron chi connectivity index (χ0n) is 18.6. The average Bonchev–Trinajstić information content (AvgIpc) is 3.23. The standard InChI is InChI=1S/C27H29NO3S/c1-3-31-27(30)24-23(21-15-13-20(14-16-21)19-10-5-4-6-11-19)17-32-26(24)28-25(29)22-12-8-7-9-18(22)2/h7-9,12-17,19H,3-6,10-11H2,1-2H3,(H,28,29). The molecule has 4 nitrogen and oxygen atoms in total. The lowest BCUT2D eigenvalue weighted by atomic mass is 9.83. The van der Waals surface area contributed by atoms with E-state index in [1.54, 1.807) is 13.0 Å². The van der Waals surface area contributed by atoms with E-state index in [1.165, 1.54) is 49.0 Å². The van der Waals surface area contributed by atoms with Crippen LogP contribution in [0, 0.1) is 6.92 Å². The van der Waals surface area contributed by atoms with Crippen LogP contribution in [0.15, 0.2) is 53.9 Å². The van der Waals surface area contributed by atoms with Gasteiger partial charge in [-0.05, 0) is 55.4 Å². The Kier molecular flexibility index (Phi) is 7.05. The third-order valence-electron chi connectivity index (χ3n) is 6.19. The van der Waals surface area contributed by atoms with Crippen LogP contribution in [0.4, 0.5) is 5.00 Å². The van der Waals surface area contributed by atoms with Gasteiger partial charge >= 0.3 is 5.97 Å². The van der Waals surface area contributed by atoms with Crippen molar-refractivity contribution in [3.05, 3.63) is 76.2 Å². The molecule has 1 saturated carbocycles. The Balaban J connectivity index is 1.64. The molecule has 166 valence electrons. The summed E-state index contributed by atoms with van der Waals surface area (Å²) in [5.41, 5.74) is 5.02. The molecule has 32 heavy (non-hydrogen) atoms. The van der Waals surface area contributed by atoms with Crippen LogP contribution in [-0.4, -0.2) is 18.5 Å². The Morgan fingerprint density at radius 2 is 1.75 bits per heavy atom. The Bertz CT molecular complexity index is 1090. The molecule has 0 saturated heterocycles. The first-order chi connectivity index (χ1) is 15.6. The molecule has 0 radical (unpaired) electrons. The summed E-state index contributed by atoms with van der Waals surface area (Å²) in [4.78, 5) is 25.7. The average molecular weight is 448 g/mol. The van der Waals surface area contributed by atoms with Gasteiger partial charge in [-0.2, -0.15) is 0 Å². The molecule has 1 amide bonds. The van der Waals surface area contributed by atoms with Gasteiger partial charge in [-0.15, -0.1) is 11.3 Å². The fourth-order valence-corrected chi connectivity index (χ4v) is 5.39. The van der Waals surface area contributed by atoms with Crippen LogP contribution in [0.5, 0.6) is 0 Å². The van der Waals surface area contributed by atoms with Crippen molar-refractivity contribution < 1.29 is 14.3 Å². The lowest BCUT2D eigenvalue weighted by molar-refractivity contribution is 0.0529. The number of carbonyl (C=O) groups excluding carboxylic acids is 2. The number of hydrogen-bond donors (Lipinski definition) is 1. The molecular formula is C27H29NO3S. The lowest BCUT2D eigenvalue weighted by Gasteiger charge is -2.22. The number of carbonyl (C=O) groups is 2. The van der Waals surface area contributed by atoms with Crippen molar-refractivity contribution in [1.82, 2.24) is 0 Å². The van der Waals surface area contributed by atoms with E-state index in [4.69, 9.17) is 4.74 Å². The maximum atomic E-state index is 12.9. The molecule has 1 heterocycles. The maximum absolute atomic E-state index is 12.9. The van der Waals surface area contributed by atoms with Gasteiger partial charge in [-0.3, -0.25) is 4.79 Å². The predicted molar refractivity (Wildman–Crippen MR) is 131 cm³/mol. The highest BCUT2D eigenvalue weighted by Gasteiger charge is 2.24. The highest BCUT2D eigenvalue weighted by molar-refractivity contribution is 7.15. The van der Waals surface area contributed by atoms with Crippen molar-refractivity contribution >= 4 is 28.2 Å². The van der Waals surface area contributed by atoms with E-state index in [1.807, 2.05) is 30.5 Å². The second kappa shape index (κ2) is 10.1. The Morgan fingerprint density at radius 3 is 2.44 bits per heavy atom. The van der Waals surface area contributed by atoms with E-state index in [-0.39, 0.29) is 12.5 Å². The summed E-state index contributed by atoms with van der Waals surface area (Å²) >= 11 is 1.35. The van der Waals surface area contributed by atoms with Crippen molar-refractivity contribution in [2.24, 2.45) is 0 Å². The summed E-state index contributed by atoms with van der Waals surface area (Å²) in [5.74, 6) is -0.0105. The molecule has 1 aliphatic carbocycles. The van der Waals surface area contributed by atoms with Crippen LogP contribution in [0.2, 0.25) is 0 Å². The minimum Gasteiger partial charge on any atom is -0.462 e. The fourth-order valence-electron chi connectivity index (χ4n) is 4.44. The number of aryl methyl sites for hydroxylation is 1. The van der Waals surface area contributed by atoms with Gasteiger partial charge < -0.3 is 10.1 Å². The molecular weight excluding hydrogens is 418 g/mol. The van der Waals surface area contributed by atoms with Crippen molar-refractivity contribution in [2.45, 2.75) is 51.9 Å². The van der Waals surface area contributed by atoms with Crippen LogP contribution in [0.3, 0.4) is 0 Å². The smallest absolute Gasteiger partial charge is 0.341 e. The second-order valence-corrected chi connectivity index (χ2v) is 9.18. The minimum atomic E-state index is -0.416. The van der Waals surface area contributed by atoms with E-state index < -0.39 is 5.97 Å². The van der Waals surface area contributed by atoms with Crippen LogP contribution in [0.1, 0.15) is 76.8 Å². The number of rotatable bonds is 6. The third kappa shape index (κ3) is 4.78. The van der Waals surface area contributed by atoms with Crippen molar-refractivity contribution in [3.8, 4) is 11.1 Å². The Labute approximate surface area is 193 Å². The molecule has 1 aliphatic rings. The first-order valence-electron chi connectivity index (χ1n) is 11.3. The van der Waals surface area contributed by atoms with Crippen molar-refractivity contribution in [2.75, 3.05) is 11.9 Å². The van der Waals surface area contributed by atoms with Gasteiger partial charge in [-0.25, -0.2) is 4.79 Å². The molecule has 1 N–H and O–H groups in total. The van der Waals surface area contributed by atoms with Crippen LogP contribution < -0.4 is 5.32 Å². The largest absolute Gasteiger partial charge is 0.462 e. The number of ether oxygens (including phenoxy) is 1. The molecule has 1 fully saturated rings. The number of amides is 1. The van der Waals surface area contributed by atoms with Crippen molar-refractivity contribution in [1.29, 1.82) is 0 Å². The number of benzene rings is 2. The van der Waals surface area contributed by atoms with Gasteiger partial charge in [0.2, 0.25) is 0 Å². The molecule has 0 aliphatic heterocycles. The van der Waals surface area contributed by atoms with E-state index in [9.17, 15) is 9.59 Å². The lowest BCUT2D eigenvalue weighted by Crippen LogP contribution is -2.15. The normalized spacial score (nSPS) is 14.2. The zero-order chi connectivity index (χ0) is 22.5. The summed E-state index contributed by atoms with van der Waals surface area (Å²) in [5, 5.41) is 5.38. The Morgan fingerprint density at radius 1 is 1.03 bits per heavy atom. The molecule has 1 aromatic heterocycles. The quantitative estimate of drug-likeness (QED) is 0.407. The predicted octanol–water partition coefficient (Wildman–Crippen LogP) is 7.20. The van der Waals surface area contributed by atoms with Gasteiger partial charge in [-0.1, -0.05) is 61.7 Å². The van der Waals surface area contributed by atoms with E-state index in [0.717, 1.165) is 16.7 Å². The summed E-state index contributed by atoms with van der Waals surface area (Å²) in [7, 11) is 0. The van der Waals surface area contributed by atoms with E-state index in [2.05, 4.69) is 29.6 Å². The molecule has 0 atom stereocenters. The molecule has 4 rings (SSSR count). The molecule has 2 aromatic carbocycles. The van der Waals surface area contributed by atoms with Gasteiger partial charge in [0.05, 0.1) is 6.61 Å². The summed E-state index contributed by atoms with van der Waals surface area (Å²) in [6, 6.07) is 16.0. The number of anilines is 1. The van der Waals surface area contributed by atoms with Crippen LogP contribution in [0.25, 0.3) is 11.1 Å². The fraction of sp³-hybridized carbons (Fsp3) is 0.333. The molecule has 3 aromatic rings. The van der Waals surface area contributed by atoms with E-state index >= 15 is 0 Å². The molecule has 0 unspecified atom stereocenters. The first-order valence-corrected chi connectivity index (χ1v) is 12.2. The maximum Gasteiger partial charge on any atom is 0.341 e. The molecule has 0 bridgehead atoms. The molecule has 5 heteroatoms. The van der Waals surface area contributed by atoms with Gasteiger partial charge in [0, 0.05) is 16.5 Å². The SMILES string of the molecule is CCOC(=O)c1c(-c2ccc(C3CCCCC3)cc2)csc1NC(=O)c1ccccc1C. The van der Waals surface area contributed by atoms with Crippen LogP contribution >= 0.6 is 11.3 Å². The minimum absolute atomic E-state index is 0.227. The Hall–Kier alpha value is -2.92. The van der Waals surface area contributed by atoms with Gasteiger partial charge in [0.25, 0.3) is 5.91 Å². The first kappa shape index (κ1) is 22.3. The zero-order valence-corrected chi connectivity index (χ0v) is 19.5. The third-order valence-corrected chi connectivity index (χ3v) is 7.08. The summed E-state index contributed by atoms with van der Waals surface area (Å²) in [6.07, 6.45) is 6.44. The highest BCUT2D eigenvalue weighted by Crippen LogP contribution is 2.38. The van der Waals surface area contributed by atoms with Crippen LogP contribution in [-0.2, 0) is 4.74 Å². The van der Waals surface area contributed by atoms with Gasteiger partial charge in [0.15, 0.2) is 0 Å². The number of nitrogens with one attached hydrogen (secondary N) is 1. The topological polar surface area (TPSA) is 55.4 Å². The highest BCUT2D eigenvalue weighted by atomic mass is 32.1. The van der Waals surface area contributed by atoms with Gasteiger partial charge in [0.1, 0.15) is 10.6 Å². The number of esters is 1. The number of thiophene rings is 1. The monoisotopic (exact) mass is 447 g/mol. The van der Waals surface area contributed by atoms with E-state index in [0.29, 0.717) is 22.0 Å². The summed E-state index contributed by atoms with van der Waals surface area (Å²) in [6.45, 7) is 3.96. The summed E-state index contributed by atoms with van der Waals surface area (Å²) < 4.78 is 5.34.